The monoisotopic (exact) mass is 246 g/mol. The molecular formula is C19H18. The van der Waals surface area contributed by atoms with Crippen LogP contribution >= 0.6 is 0 Å². The SMILES string of the molecule is CC(C)c1cccc2c(-c3ccccc3)cccc12. The van der Waals surface area contributed by atoms with Crippen molar-refractivity contribution in [1.82, 2.24) is 0 Å². The molecule has 0 aliphatic heterocycles. The molecule has 3 rings (SSSR count). The summed E-state index contributed by atoms with van der Waals surface area (Å²) < 4.78 is 0. The molecule has 0 N–H and O–H groups in total. The molecule has 0 saturated heterocycles. The third-order valence-electron chi connectivity index (χ3n) is 3.66. The van der Waals surface area contributed by atoms with E-state index in [9.17, 15) is 0 Å². The van der Waals surface area contributed by atoms with Gasteiger partial charge in [0.2, 0.25) is 0 Å². The normalized spacial score (nSPS) is 11.1. The van der Waals surface area contributed by atoms with Crippen molar-refractivity contribution in [3.63, 3.8) is 0 Å². The predicted molar refractivity (Wildman–Crippen MR) is 83.5 cm³/mol. The van der Waals surface area contributed by atoms with Gasteiger partial charge in [-0.25, -0.2) is 0 Å². The first-order valence-corrected chi connectivity index (χ1v) is 6.84. The topological polar surface area (TPSA) is 0 Å². The number of hydrogen-bond acceptors (Lipinski definition) is 0. The molecular weight excluding hydrogens is 228 g/mol. The number of rotatable bonds is 2. The van der Waals surface area contributed by atoms with Crippen LogP contribution in [0, 0.1) is 0 Å². The number of benzene rings is 3. The predicted octanol–water partition coefficient (Wildman–Crippen LogP) is 5.63. The second kappa shape index (κ2) is 4.89. The number of hydrogen-bond donors (Lipinski definition) is 0. The average Bonchev–Trinajstić information content (AvgIpc) is 2.46. The standard InChI is InChI=1S/C19H18/c1-14(2)16-10-6-13-19-17(11-7-12-18(16)19)15-8-4-3-5-9-15/h3-14H,1-2H3. The van der Waals surface area contributed by atoms with Crippen molar-refractivity contribution in [3.8, 4) is 11.1 Å². The lowest BCUT2D eigenvalue weighted by molar-refractivity contribution is 0.876. The van der Waals surface area contributed by atoms with Crippen molar-refractivity contribution in [2.45, 2.75) is 19.8 Å². The fourth-order valence-electron chi connectivity index (χ4n) is 2.71. The first-order chi connectivity index (χ1) is 9.27. The van der Waals surface area contributed by atoms with Crippen LogP contribution in [0.25, 0.3) is 21.9 Å². The minimum absolute atomic E-state index is 0.551. The van der Waals surface area contributed by atoms with Crippen molar-refractivity contribution in [1.29, 1.82) is 0 Å². The molecule has 0 unspecified atom stereocenters. The fraction of sp³-hybridized carbons (Fsp3) is 0.158. The van der Waals surface area contributed by atoms with E-state index in [1.54, 1.807) is 0 Å². The van der Waals surface area contributed by atoms with Crippen LogP contribution < -0.4 is 0 Å². The summed E-state index contributed by atoms with van der Waals surface area (Å²) in [6, 6.07) is 23.9. The maximum atomic E-state index is 2.25. The van der Waals surface area contributed by atoms with Crippen molar-refractivity contribution >= 4 is 10.8 Å². The molecule has 0 atom stereocenters. The van der Waals surface area contributed by atoms with E-state index in [0.29, 0.717) is 5.92 Å². The molecule has 0 fully saturated rings. The van der Waals surface area contributed by atoms with Gasteiger partial charge in [-0.05, 0) is 33.4 Å². The van der Waals surface area contributed by atoms with Crippen molar-refractivity contribution < 1.29 is 0 Å². The lowest BCUT2D eigenvalue weighted by Crippen LogP contribution is -1.90. The molecule has 0 aromatic heterocycles. The molecule has 3 aromatic carbocycles. The largest absolute Gasteiger partial charge is 0.0622 e. The summed E-state index contributed by atoms with van der Waals surface area (Å²) in [5, 5.41) is 2.72. The van der Waals surface area contributed by atoms with E-state index in [2.05, 4.69) is 80.6 Å². The van der Waals surface area contributed by atoms with E-state index in [4.69, 9.17) is 0 Å². The molecule has 94 valence electrons. The molecule has 19 heavy (non-hydrogen) atoms. The Hall–Kier alpha value is -2.08. The molecule has 0 radical (unpaired) electrons. The smallest absolute Gasteiger partial charge is 0.0103 e. The Balaban J connectivity index is 2.31. The molecule has 0 spiro atoms. The highest BCUT2D eigenvalue weighted by Crippen LogP contribution is 2.32. The Morgan fingerprint density at radius 3 is 2.05 bits per heavy atom. The van der Waals surface area contributed by atoms with Gasteiger partial charge in [0.15, 0.2) is 0 Å². The van der Waals surface area contributed by atoms with Crippen LogP contribution in [0.3, 0.4) is 0 Å². The molecule has 0 heterocycles. The van der Waals surface area contributed by atoms with Gasteiger partial charge in [-0.1, -0.05) is 80.6 Å². The maximum Gasteiger partial charge on any atom is -0.0103 e. The summed E-state index contributed by atoms with van der Waals surface area (Å²) >= 11 is 0. The van der Waals surface area contributed by atoms with Gasteiger partial charge >= 0.3 is 0 Å². The highest BCUT2D eigenvalue weighted by atomic mass is 14.1. The van der Waals surface area contributed by atoms with Crippen molar-refractivity contribution in [2.75, 3.05) is 0 Å². The third-order valence-corrected chi connectivity index (χ3v) is 3.66. The summed E-state index contributed by atoms with van der Waals surface area (Å²) in [7, 11) is 0. The molecule has 3 aromatic rings. The zero-order valence-corrected chi connectivity index (χ0v) is 11.4. The van der Waals surface area contributed by atoms with Crippen LogP contribution in [0.4, 0.5) is 0 Å². The van der Waals surface area contributed by atoms with Gasteiger partial charge in [0.1, 0.15) is 0 Å². The molecule has 0 aliphatic carbocycles. The highest BCUT2D eigenvalue weighted by molar-refractivity contribution is 5.98. The zero-order valence-electron chi connectivity index (χ0n) is 11.4. The second-order valence-corrected chi connectivity index (χ2v) is 5.27. The Morgan fingerprint density at radius 1 is 0.632 bits per heavy atom. The summed E-state index contributed by atoms with van der Waals surface area (Å²) in [4.78, 5) is 0. The first-order valence-electron chi connectivity index (χ1n) is 6.84. The Labute approximate surface area is 114 Å². The minimum Gasteiger partial charge on any atom is -0.0622 e. The molecule has 0 heteroatoms. The molecule has 0 bridgehead atoms. The van der Waals surface area contributed by atoms with Crippen molar-refractivity contribution in [2.24, 2.45) is 0 Å². The van der Waals surface area contributed by atoms with E-state index in [1.165, 1.54) is 27.5 Å². The van der Waals surface area contributed by atoms with Gasteiger partial charge in [0.05, 0.1) is 0 Å². The Morgan fingerprint density at radius 2 is 1.32 bits per heavy atom. The van der Waals surface area contributed by atoms with E-state index >= 15 is 0 Å². The lowest BCUT2D eigenvalue weighted by Gasteiger charge is -2.13. The van der Waals surface area contributed by atoms with E-state index in [0.717, 1.165) is 0 Å². The summed E-state index contributed by atoms with van der Waals surface area (Å²) in [6.45, 7) is 4.51. The van der Waals surface area contributed by atoms with Crippen LogP contribution in [-0.2, 0) is 0 Å². The Kier molecular flexibility index (Phi) is 3.08. The van der Waals surface area contributed by atoms with Gasteiger partial charge < -0.3 is 0 Å². The van der Waals surface area contributed by atoms with Crippen molar-refractivity contribution in [3.05, 3.63) is 72.3 Å². The summed E-state index contributed by atoms with van der Waals surface area (Å²) in [6.07, 6.45) is 0. The summed E-state index contributed by atoms with van der Waals surface area (Å²) in [5.74, 6) is 0.551. The van der Waals surface area contributed by atoms with Gasteiger partial charge in [-0.15, -0.1) is 0 Å². The molecule has 0 amide bonds. The van der Waals surface area contributed by atoms with Gasteiger partial charge in [0.25, 0.3) is 0 Å². The lowest BCUT2D eigenvalue weighted by atomic mass is 9.92. The van der Waals surface area contributed by atoms with E-state index < -0.39 is 0 Å². The second-order valence-electron chi connectivity index (χ2n) is 5.27. The third kappa shape index (κ3) is 2.15. The fourth-order valence-corrected chi connectivity index (χ4v) is 2.71. The number of fused-ring (bicyclic) bond motifs is 1. The van der Waals surface area contributed by atoms with Crippen LogP contribution in [0.1, 0.15) is 25.3 Å². The van der Waals surface area contributed by atoms with E-state index in [1.807, 2.05) is 0 Å². The van der Waals surface area contributed by atoms with Gasteiger partial charge in [0, 0.05) is 0 Å². The average molecular weight is 246 g/mol. The van der Waals surface area contributed by atoms with Crippen LogP contribution in [-0.4, -0.2) is 0 Å². The minimum atomic E-state index is 0.551. The zero-order chi connectivity index (χ0) is 13.2. The van der Waals surface area contributed by atoms with Crippen LogP contribution in [0.2, 0.25) is 0 Å². The van der Waals surface area contributed by atoms with Gasteiger partial charge in [-0.3, -0.25) is 0 Å². The summed E-state index contributed by atoms with van der Waals surface area (Å²) in [5.41, 5.74) is 4.03. The highest BCUT2D eigenvalue weighted by Gasteiger charge is 2.08. The van der Waals surface area contributed by atoms with Crippen LogP contribution in [0.15, 0.2) is 66.7 Å². The maximum absolute atomic E-state index is 2.25. The molecule has 0 saturated carbocycles. The molecule has 0 aliphatic rings. The van der Waals surface area contributed by atoms with E-state index in [-0.39, 0.29) is 0 Å². The Bertz CT molecular complexity index is 694. The quantitative estimate of drug-likeness (QED) is 0.549. The van der Waals surface area contributed by atoms with Crippen LogP contribution in [0.5, 0.6) is 0 Å². The molecule has 0 nitrogen and oxygen atoms in total. The first kappa shape index (κ1) is 12.0. The van der Waals surface area contributed by atoms with Gasteiger partial charge in [-0.2, -0.15) is 0 Å².